The Bertz CT molecular complexity index is 501. The Hall–Kier alpha value is -1.91. The number of hydrogen-bond acceptors (Lipinski definition) is 3. The summed E-state index contributed by atoms with van der Waals surface area (Å²) in [4.78, 5) is 29.2. The van der Waals surface area contributed by atoms with Crippen LogP contribution in [0.15, 0.2) is 18.3 Å². The van der Waals surface area contributed by atoms with E-state index in [0.29, 0.717) is 18.5 Å². The zero-order valence-corrected chi connectivity index (χ0v) is 10.5. The van der Waals surface area contributed by atoms with E-state index in [1.165, 1.54) is 4.90 Å². The molecule has 1 aromatic rings. The van der Waals surface area contributed by atoms with Gasteiger partial charge in [0.25, 0.3) is 5.91 Å². The molecule has 1 N–H and O–H groups in total. The Morgan fingerprint density at radius 1 is 1.50 bits per heavy atom. The summed E-state index contributed by atoms with van der Waals surface area (Å²) in [6.07, 6.45) is 2.79. The number of aromatic nitrogens is 1. The number of nitrogens with zero attached hydrogens (tertiary/aromatic N) is 2. The first kappa shape index (κ1) is 12.5. The summed E-state index contributed by atoms with van der Waals surface area (Å²) in [5, 5.41) is 9.29. The number of aryl methyl sites for hydroxylation is 1. The first-order valence-corrected chi connectivity index (χ1v) is 5.93. The molecule has 0 saturated carbocycles. The quantitative estimate of drug-likeness (QED) is 0.860. The maximum Gasteiger partial charge on any atom is 0.329 e. The Morgan fingerprint density at radius 2 is 2.22 bits per heavy atom. The van der Waals surface area contributed by atoms with E-state index < -0.39 is 11.5 Å². The molecule has 0 spiro atoms. The van der Waals surface area contributed by atoms with Crippen molar-refractivity contribution in [3.05, 3.63) is 29.6 Å². The first-order chi connectivity index (χ1) is 8.45. The highest BCUT2D eigenvalue weighted by molar-refractivity contribution is 5.98. The molecule has 5 nitrogen and oxygen atoms in total. The lowest BCUT2D eigenvalue weighted by Crippen LogP contribution is -2.50. The molecule has 18 heavy (non-hydrogen) atoms. The molecule has 1 saturated heterocycles. The second kappa shape index (κ2) is 4.40. The Morgan fingerprint density at radius 3 is 2.83 bits per heavy atom. The number of hydrogen-bond donors (Lipinski definition) is 1. The Balaban J connectivity index is 2.32. The predicted octanol–water partition coefficient (Wildman–Crippen LogP) is 1.47. The van der Waals surface area contributed by atoms with Crippen LogP contribution >= 0.6 is 0 Å². The molecule has 1 atom stereocenters. The summed E-state index contributed by atoms with van der Waals surface area (Å²) < 4.78 is 0. The molecular weight excluding hydrogens is 232 g/mol. The van der Waals surface area contributed by atoms with Gasteiger partial charge in [-0.15, -0.1) is 0 Å². The normalized spacial score (nSPS) is 23.1. The zero-order valence-electron chi connectivity index (χ0n) is 10.5. The number of amides is 1. The summed E-state index contributed by atoms with van der Waals surface area (Å²) in [6, 6.07) is 3.30. The maximum atomic E-state index is 12.4. The van der Waals surface area contributed by atoms with Gasteiger partial charge in [0.1, 0.15) is 5.54 Å². The number of aliphatic carboxylic acids is 1. The van der Waals surface area contributed by atoms with E-state index in [9.17, 15) is 14.7 Å². The van der Waals surface area contributed by atoms with E-state index in [-0.39, 0.29) is 5.91 Å². The summed E-state index contributed by atoms with van der Waals surface area (Å²) >= 11 is 0. The van der Waals surface area contributed by atoms with Gasteiger partial charge >= 0.3 is 5.97 Å². The molecule has 0 aromatic carbocycles. The van der Waals surface area contributed by atoms with Crippen LogP contribution in [0, 0.1) is 6.92 Å². The van der Waals surface area contributed by atoms with Crippen LogP contribution in [0.1, 0.15) is 35.8 Å². The minimum absolute atomic E-state index is 0.233. The molecule has 5 heteroatoms. The number of carboxylic acids is 1. The highest BCUT2D eigenvalue weighted by Crippen LogP contribution is 2.30. The Labute approximate surface area is 105 Å². The van der Waals surface area contributed by atoms with Crippen molar-refractivity contribution < 1.29 is 14.7 Å². The van der Waals surface area contributed by atoms with Gasteiger partial charge in [-0.05, 0) is 38.8 Å². The van der Waals surface area contributed by atoms with Gasteiger partial charge in [-0.2, -0.15) is 0 Å². The van der Waals surface area contributed by atoms with Gasteiger partial charge < -0.3 is 10.0 Å². The molecule has 1 aromatic heterocycles. The van der Waals surface area contributed by atoms with Crippen LogP contribution in [0.4, 0.5) is 0 Å². The molecular formula is C13H16N2O3. The smallest absolute Gasteiger partial charge is 0.329 e. The van der Waals surface area contributed by atoms with Gasteiger partial charge in [-0.3, -0.25) is 9.78 Å². The fraction of sp³-hybridized carbons (Fsp3) is 0.462. The van der Waals surface area contributed by atoms with Crippen molar-refractivity contribution in [3.63, 3.8) is 0 Å². The number of carbonyl (C=O) groups is 2. The fourth-order valence-corrected chi connectivity index (χ4v) is 2.35. The topological polar surface area (TPSA) is 70.5 Å². The number of carboxylic acid groups (broad SMARTS) is 1. The monoisotopic (exact) mass is 248 g/mol. The van der Waals surface area contributed by atoms with E-state index in [0.717, 1.165) is 12.1 Å². The van der Waals surface area contributed by atoms with E-state index in [1.807, 2.05) is 0 Å². The van der Waals surface area contributed by atoms with Crippen molar-refractivity contribution >= 4 is 11.9 Å². The van der Waals surface area contributed by atoms with Gasteiger partial charge in [0, 0.05) is 24.0 Å². The maximum absolute atomic E-state index is 12.4. The zero-order chi connectivity index (χ0) is 13.3. The van der Waals surface area contributed by atoms with Crippen LogP contribution in [0.5, 0.6) is 0 Å². The van der Waals surface area contributed by atoms with Crippen LogP contribution < -0.4 is 0 Å². The highest BCUT2D eigenvalue weighted by Gasteiger charge is 2.46. The second-order valence-electron chi connectivity index (χ2n) is 4.83. The van der Waals surface area contributed by atoms with Gasteiger partial charge in [-0.25, -0.2) is 4.79 Å². The van der Waals surface area contributed by atoms with Crippen molar-refractivity contribution in [1.82, 2.24) is 9.88 Å². The largest absolute Gasteiger partial charge is 0.480 e. The van der Waals surface area contributed by atoms with Crippen LogP contribution in [-0.2, 0) is 4.79 Å². The molecule has 1 fully saturated rings. The summed E-state index contributed by atoms with van der Waals surface area (Å²) in [6.45, 7) is 3.90. The highest BCUT2D eigenvalue weighted by atomic mass is 16.4. The standard InChI is InChI=1S/C13H16N2O3/c1-9-8-10(4-6-14-9)11(16)15-7-3-5-13(15,2)12(17)18/h4,6,8H,3,5,7H2,1-2H3,(H,17,18). The minimum atomic E-state index is -1.09. The lowest BCUT2D eigenvalue weighted by molar-refractivity contribution is -0.147. The molecule has 1 aliphatic heterocycles. The molecule has 0 aliphatic carbocycles. The Kier molecular flexibility index (Phi) is 3.07. The average Bonchev–Trinajstić information content (AvgIpc) is 2.72. The third-order valence-electron chi connectivity index (χ3n) is 3.49. The second-order valence-corrected chi connectivity index (χ2v) is 4.83. The predicted molar refractivity (Wildman–Crippen MR) is 65.3 cm³/mol. The molecule has 1 unspecified atom stereocenters. The van der Waals surface area contributed by atoms with Crippen LogP contribution in [0.25, 0.3) is 0 Å². The fourth-order valence-electron chi connectivity index (χ4n) is 2.35. The molecule has 96 valence electrons. The third-order valence-corrected chi connectivity index (χ3v) is 3.49. The molecule has 0 radical (unpaired) electrons. The van der Waals surface area contributed by atoms with Crippen LogP contribution in [0.3, 0.4) is 0 Å². The third kappa shape index (κ3) is 1.96. The van der Waals surface area contributed by atoms with Gasteiger partial charge in [0.05, 0.1) is 0 Å². The molecule has 0 bridgehead atoms. The molecule has 2 heterocycles. The van der Waals surface area contributed by atoms with Crippen LogP contribution in [0.2, 0.25) is 0 Å². The summed E-state index contributed by atoms with van der Waals surface area (Å²) in [5.74, 6) is -1.18. The van der Waals surface area contributed by atoms with E-state index >= 15 is 0 Å². The van der Waals surface area contributed by atoms with Crippen molar-refractivity contribution in [2.45, 2.75) is 32.2 Å². The van der Waals surface area contributed by atoms with Crippen molar-refractivity contribution in [3.8, 4) is 0 Å². The number of pyridine rings is 1. The van der Waals surface area contributed by atoms with E-state index in [1.54, 1.807) is 32.2 Å². The van der Waals surface area contributed by atoms with Crippen molar-refractivity contribution in [2.75, 3.05) is 6.54 Å². The van der Waals surface area contributed by atoms with Gasteiger partial charge in [0.2, 0.25) is 0 Å². The van der Waals surface area contributed by atoms with Gasteiger partial charge in [0.15, 0.2) is 0 Å². The lowest BCUT2D eigenvalue weighted by Gasteiger charge is -2.31. The summed E-state index contributed by atoms with van der Waals surface area (Å²) in [5.41, 5.74) is 0.155. The van der Waals surface area contributed by atoms with Crippen molar-refractivity contribution in [1.29, 1.82) is 0 Å². The van der Waals surface area contributed by atoms with Gasteiger partial charge in [-0.1, -0.05) is 0 Å². The molecule has 2 rings (SSSR count). The minimum Gasteiger partial charge on any atom is -0.480 e. The average molecular weight is 248 g/mol. The van der Waals surface area contributed by atoms with Crippen molar-refractivity contribution in [2.24, 2.45) is 0 Å². The molecule has 1 aliphatic rings. The first-order valence-electron chi connectivity index (χ1n) is 5.93. The SMILES string of the molecule is Cc1cc(C(=O)N2CCCC2(C)C(=O)O)ccn1. The van der Waals surface area contributed by atoms with E-state index in [2.05, 4.69) is 4.98 Å². The number of carbonyl (C=O) groups excluding carboxylic acids is 1. The summed E-state index contributed by atoms with van der Waals surface area (Å²) in [7, 11) is 0. The van der Waals surface area contributed by atoms with Crippen LogP contribution in [-0.4, -0.2) is 39.0 Å². The van der Waals surface area contributed by atoms with E-state index in [4.69, 9.17) is 0 Å². The lowest BCUT2D eigenvalue weighted by atomic mass is 9.98. The number of rotatable bonds is 2. The number of likely N-dealkylation sites (tertiary alicyclic amines) is 1. The molecule has 1 amide bonds.